The maximum Gasteiger partial charge on any atom is 0.227 e. The second-order valence-corrected chi connectivity index (χ2v) is 5.78. The van der Waals surface area contributed by atoms with Gasteiger partial charge in [-0.3, -0.25) is 4.79 Å². The van der Waals surface area contributed by atoms with Gasteiger partial charge < -0.3 is 16.0 Å². The van der Waals surface area contributed by atoms with Gasteiger partial charge in [0.2, 0.25) is 5.91 Å². The molecule has 0 aliphatic heterocycles. The summed E-state index contributed by atoms with van der Waals surface area (Å²) in [5, 5.41) is 9.07. The third-order valence-corrected chi connectivity index (χ3v) is 3.44. The van der Waals surface area contributed by atoms with Crippen LogP contribution in [0.3, 0.4) is 0 Å². The number of carbonyl (C=O) groups is 1. The van der Waals surface area contributed by atoms with Crippen molar-refractivity contribution in [2.45, 2.75) is 40.5 Å². The van der Waals surface area contributed by atoms with Crippen molar-refractivity contribution in [2.75, 3.05) is 31.3 Å². The molecule has 0 bridgehead atoms. The number of anilines is 2. The Hall–Kier alpha value is -1.85. The van der Waals surface area contributed by atoms with Crippen molar-refractivity contribution >= 4 is 17.5 Å². The minimum atomic E-state index is -0.503. The predicted octanol–water partition coefficient (Wildman–Crippen LogP) is 1.96. The van der Waals surface area contributed by atoms with Crippen molar-refractivity contribution in [3.63, 3.8) is 0 Å². The first-order valence-corrected chi connectivity index (χ1v) is 7.37. The molecule has 1 amide bonds. The second kappa shape index (κ2) is 7.24. The van der Waals surface area contributed by atoms with Crippen LogP contribution in [0.2, 0.25) is 0 Å². The van der Waals surface area contributed by atoms with Crippen LogP contribution in [0.1, 0.15) is 38.6 Å². The van der Waals surface area contributed by atoms with E-state index in [4.69, 9.17) is 0 Å². The van der Waals surface area contributed by atoms with Gasteiger partial charge in [-0.2, -0.15) is 0 Å². The first-order valence-electron chi connectivity index (χ1n) is 7.37. The Morgan fingerprint density at radius 3 is 2.33 bits per heavy atom. The van der Waals surface area contributed by atoms with Gasteiger partial charge in [-0.05, 0) is 27.2 Å². The number of aromatic nitrogens is 2. The lowest BCUT2D eigenvalue weighted by molar-refractivity contribution is -0.128. The predicted molar refractivity (Wildman–Crippen MR) is 86.6 cm³/mol. The summed E-state index contributed by atoms with van der Waals surface area (Å²) in [6.45, 7) is 8.39. The van der Waals surface area contributed by atoms with E-state index in [1.807, 2.05) is 27.8 Å². The maximum absolute atomic E-state index is 11.8. The zero-order valence-corrected chi connectivity index (χ0v) is 13.9. The van der Waals surface area contributed by atoms with Crippen molar-refractivity contribution < 1.29 is 4.79 Å². The highest BCUT2D eigenvalue weighted by Gasteiger charge is 2.26. The zero-order chi connectivity index (χ0) is 16.0. The van der Waals surface area contributed by atoms with Crippen LogP contribution in [0.4, 0.5) is 11.6 Å². The van der Waals surface area contributed by atoms with Crippen LogP contribution in [0.5, 0.6) is 0 Å². The van der Waals surface area contributed by atoms with E-state index in [0.29, 0.717) is 6.54 Å². The van der Waals surface area contributed by atoms with Crippen molar-refractivity contribution in [3.05, 3.63) is 11.4 Å². The number of nitrogens with zero attached hydrogens (tertiary/aromatic N) is 2. The molecule has 0 radical (unpaired) electrons. The Balaban J connectivity index is 2.96. The molecule has 0 saturated carbocycles. The maximum atomic E-state index is 11.8. The van der Waals surface area contributed by atoms with Crippen LogP contribution in [-0.2, 0) is 11.2 Å². The zero-order valence-electron chi connectivity index (χ0n) is 13.9. The standard InChI is InChI=1S/C15H27N5O/c1-7-8-11-19-12(16-5)10(2)13(20-11)18-9-15(3,4)14(21)17-6/h7-9H2,1-6H3,(H,17,21)(H2,16,18,19,20). The number of rotatable bonds is 7. The molecule has 3 N–H and O–H groups in total. The highest BCUT2D eigenvalue weighted by Crippen LogP contribution is 2.22. The van der Waals surface area contributed by atoms with Crippen molar-refractivity contribution in [1.82, 2.24) is 15.3 Å². The van der Waals surface area contributed by atoms with Gasteiger partial charge >= 0.3 is 0 Å². The van der Waals surface area contributed by atoms with Gasteiger partial charge in [0, 0.05) is 32.6 Å². The van der Waals surface area contributed by atoms with Gasteiger partial charge in [0.1, 0.15) is 17.5 Å². The van der Waals surface area contributed by atoms with E-state index in [9.17, 15) is 4.79 Å². The quantitative estimate of drug-likeness (QED) is 0.716. The highest BCUT2D eigenvalue weighted by atomic mass is 16.2. The largest absolute Gasteiger partial charge is 0.373 e. The molecule has 0 saturated heterocycles. The SMILES string of the molecule is CCCc1nc(NC)c(C)c(NCC(C)(C)C(=O)NC)n1. The van der Waals surface area contributed by atoms with Crippen molar-refractivity contribution in [3.8, 4) is 0 Å². The smallest absolute Gasteiger partial charge is 0.227 e. The second-order valence-electron chi connectivity index (χ2n) is 5.78. The number of hydrogen-bond donors (Lipinski definition) is 3. The molecule has 6 heteroatoms. The Morgan fingerprint density at radius 1 is 1.19 bits per heavy atom. The molecule has 1 rings (SSSR count). The fourth-order valence-electron chi connectivity index (χ4n) is 2.04. The summed E-state index contributed by atoms with van der Waals surface area (Å²) in [4.78, 5) is 20.9. The molecular formula is C15H27N5O. The lowest BCUT2D eigenvalue weighted by atomic mass is 9.92. The van der Waals surface area contributed by atoms with Gasteiger partial charge in [0.05, 0.1) is 5.41 Å². The number of aryl methyl sites for hydroxylation is 1. The van der Waals surface area contributed by atoms with E-state index in [0.717, 1.165) is 35.9 Å². The number of nitrogens with one attached hydrogen (secondary N) is 3. The van der Waals surface area contributed by atoms with Crippen LogP contribution in [0.15, 0.2) is 0 Å². The normalized spacial score (nSPS) is 11.1. The van der Waals surface area contributed by atoms with Gasteiger partial charge in [-0.25, -0.2) is 9.97 Å². The Labute approximate surface area is 127 Å². The van der Waals surface area contributed by atoms with Crippen molar-refractivity contribution in [1.29, 1.82) is 0 Å². The van der Waals surface area contributed by atoms with Crippen molar-refractivity contribution in [2.24, 2.45) is 5.41 Å². The lowest BCUT2D eigenvalue weighted by Crippen LogP contribution is -2.39. The van der Waals surface area contributed by atoms with E-state index in [1.54, 1.807) is 7.05 Å². The van der Waals surface area contributed by atoms with Gasteiger partial charge in [-0.1, -0.05) is 6.92 Å². The third kappa shape index (κ3) is 4.31. The van der Waals surface area contributed by atoms with Crippen LogP contribution in [0.25, 0.3) is 0 Å². The summed E-state index contributed by atoms with van der Waals surface area (Å²) in [5.74, 6) is 2.43. The molecule has 0 aromatic carbocycles. The average Bonchev–Trinajstić information content (AvgIpc) is 2.46. The summed E-state index contributed by atoms with van der Waals surface area (Å²) in [6, 6.07) is 0. The molecule has 0 unspecified atom stereocenters. The Kier molecular flexibility index (Phi) is 5.93. The van der Waals surface area contributed by atoms with Crippen LogP contribution in [0, 0.1) is 12.3 Å². The molecule has 1 aromatic heterocycles. The molecule has 0 spiro atoms. The van der Waals surface area contributed by atoms with Crippen LogP contribution < -0.4 is 16.0 Å². The number of carbonyl (C=O) groups excluding carboxylic acids is 1. The third-order valence-electron chi connectivity index (χ3n) is 3.44. The van der Waals surface area contributed by atoms with Gasteiger partial charge in [0.25, 0.3) is 0 Å². The minimum Gasteiger partial charge on any atom is -0.373 e. The molecule has 0 aliphatic carbocycles. The molecule has 21 heavy (non-hydrogen) atoms. The Bertz CT molecular complexity index is 499. The average molecular weight is 293 g/mol. The number of hydrogen-bond acceptors (Lipinski definition) is 5. The fraction of sp³-hybridized carbons (Fsp3) is 0.667. The van der Waals surface area contributed by atoms with E-state index in [1.165, 1.54) is 0 Å². The van der Waals surface area contributed by atoms with E-state index in [2.05, 4.69) is 32.8 Å². The molecule has 1 aromatic rings. The van der Waals surface area contributed by atoms with Crippen LogP contribution >= 0.6 is 0 Å². The van der Waals surface area contributed by atoms with E-state index >= 15 is 0 Å². The molecule has 1 heterocycles. The minimum absolute atomic E-state index is 0.00401. The molecule has 6 nitrogen and oxygen atoms in total. The highest BCUT2D eigenvalue weighted by molar-refractivity contribution is 5.82. The number of amides is 1. The first kappa shape index (κ1) is 17.2. The van der Waals surface area contributed by atoms with Gasteiger partial charge in [0.15, 0.2) is 0 Å². The fourth-order valence-corrected chi connectivity index (χ4v) is 2.04. The molecule has 118 valence electrons. The van der Waals surface area contributed by atoms with E-state index < -0.39 is 5.41 Å². The molecule has 0 atom stereocenters. The monoisotopic (exact) mass is 293 g/mol. The Morgan fingerprint density at radius 2 is 1.81 bits per heavy atom. The van der Waals surface area contributed by atoms with Crippen LogP contribution in [-0.4, -0.2) is 36.5 Å². The van der Waals surface area contributed by atoms with E-state index in [-0.39, 0.29) is 5.91 Å². The lowest BCUT2D eigenvalue weighted by Gasteiger charge is -2.24. The topological polar surface area (TPSA) is 78.9 Å². The summed E-state index contributed by atoms with van der Waals surface area (Å²) in [6.07, 6.45) is 1.83. The first-order chi connectivity index (χ1) is 9.85. The van der Waals surface area contributed by atoms with Gasteiger partial charge in [-0.15, -0.1) is 0 Å². The summed E-state index contributed by atoms with van der Waals surface area (Å²) < 4.78 is 0. The summed E-state index contributed by atoms with van der Waals surface area (Å²) in [7, 11) is 3.50. The molecule has 0 fully saturated rings. The molecular weight excluding hydrogens is 266 g/mol. The molecule has 0 aliphatic rings. The summed E-state index contributed by atoms with van der Waals surface area (Å²) >= 11 is 0. The summed E-state index contributed by atoms with van der Waals surface area (Å²) in [5.41, 5.74) is 0.460.